The summed E-state index contributed by atoms with van der Waals surface area (Å²) < 4.78 is 19.0. The van der Waals surface area contributed by atoms with E-state index in [1.165, 1.54) is 6.07 Å². The van der Waals surface area contributed by atoms with Gasteiger partial charge in [-0.15, -0.1) is 11.6 Å². The van der Waals surface area contributed by atoms with E-state index < -0.39 is 0 Å². The fraction of sp³-hybridized carbons (Fsp3) is 0.538. The molecule has 1 saturated heterocycles. The molecular formula is C13H17ClFNO. The third-order valence-corrected chi connectivity index (χ3v) is 3.51. The van der Waals surface area contributed by atoms with E-state index in [1.807, 2.05) is 6.07 Å². The van der Waals surface area contributed by atoms with Crippen LogP contribution in [0.3, 0.4) is 0 Å². The van der Waals surface area contributed by atoms with Crippen LogP contribution in [0.1, 0.15) is 12.0 Å². The Bertz CT molecular complexity index is 386. The molecule has 1 aromatic carbocycles. The zero-order valence-electron chi connectivity index (χ0n) is 9.96. The first kappa shape index (κ1) is 12.7. The Labute approximate surface area is 106 Å². The van der Waals surface area contributed by atoms with Gasteiger partial charge in [-0.3, -0.25) is 0 Å². The Balaban J connectivity index is 2.18. The van der Waals surface area contributed by atoms with Crippen LogP contribution in [0.5, 0.6) is 0 Å². The third-order valence-electron chi connectivity index (χ3n) is 3.22. The van der Waals surface area contributed by atoms with Crippen molar-refractivity contribution >= 4 is 17.3 Å². The number of halogens is 2. The lowest BCUT2D eigenvalue weighted by Gasteiger charge is -2.22. The number of alkyl halides is 1. The van der Waals surface area contributed by atoms with Crippen LogP contribution in [0.2, 0.25) is 0 Å². The van der Waals surface area contributed by atoms with Gasteiger partial charge in [-0.2, -0.15) is 0 Å². The largest absolute Gasteiger partial charge is 0.384 e. The molecule has 4 heteroatoms. The van der Waals surface area contributed by atoms with Gasteiger partial charge in [-0.05, 0) is 18.1 Å². The Kier molecular flexibility index (Phi) is 4.24. The number of benzene rings is 1. The second-order valence-corrected chi connectivity index (χ2v) is 4.70. The van der Waals surface area contributed by atoms with Crippen LogP contribution in [-0.4, -0.2) is 26.8 Å². The molecule has 1 atom stereocenters. The summed E-state index contributed by atoms with van der Waals surface area (Å²) in [5.41, 5.74) is 1.53. The minimum atomic E-state index is -0.179. The Morgan fingerprint density at radius 3 is 3.06 bits per heavy atom. The van der Waals surface area contributed by atoms with E-state index in [2.05, 4.69) is 4.90 Å². The molecule has 0 bridgehead atoms. The summed E-state index contributed by atoms with van der Waals surface area (Å²) in [6, 6.07) is 5.09. The fourth-order valence-corrected chi connectivity index (χ4v) is 2.65. The van der Waals surface area contributed by atoms with E-state index in [4.69, 9.17) is 16.3 Å². The zero-order valence-corrected chi connectivity index (χ0v) is 10.7. The predicted octanol–water partition coefficient (Wildman–Crippen LogP) is 3.04. The minimum Gasteiger partial charge on any atom is -0.384 e. The highest BCUT2D eigenvalue weighted by atomic mass is 35.5. The second kappa shape index (κ2) is 5.69. The topological polar surface area (TPSA) is 12.5 Å². The number of methoxy groups -OCH3 is 1. The SMILES string of the molecule is COCC1CCN(c2c(F)cccc2CCl)C1. The summed E-state index contributed by atoms with van der Waals surface area (Å²) in [5, 5.41) is 0. The van der Waals surface area contributed by atoms with Gasteiger partial charge in [0.1, 0.15) is 5.82 Å². The van der Waals surface area contributed by atoms with Gasteiger partial charge in [0.15, 0.2) is 0 Å². The predicted molar refractivity (Wildman–Crippen MR) is 68.2 cm³/mol. The fourth-order valence-electron chi connectivity index (χ4n) is 2.43. The zero-order chi connectivity index (χ0) is 12.3. The lowest BCUT2D eigenvalue weighted by atomic mass is 10.1. The van der Waals surface area contributed by atoms with Crippen molar-refractivity contribution in [3.05, 3.63) is 29.6 Å². The van der Waals surface area contributed by atoms with Gasteiger partial charge in [-0.25, -0.2) is 4.39 Å². The molecule has 0 aromatic heterocycles. The molecule has 1 fully saturated rings. The average Bonchev–Trinajstić information content (AvgIpc) is 2.77. The Hall–Kier alpha value is -0.800. The summed E-state index contributed by atoms with van der Waals surface area (Å²) in [7, 11) is 1.70. The minimum absolute atomic E-state index is 0.179. The first-order valence-electron chi connectivity index (χ1n) is 5.83. The highest BCUT2D eigenvalue weighted by molar-refractivity contribution is 6.17. The van der Waals surface area contributed by atoms with Crippen molar-refractivity contribution in [2.45, 2.75) is 12.3 Å². The molecule has 94 valence electrons. The maximum Gasteiger partial charge on any atom is 0.146 e. The van der Waals surface area contributed by atoms with Gasteiger partial charge in [0, 0.05) is 32.0 Å². The van der Waals surface area contributed by atoms with Crippen LogP contribution in [-0.2, 0) is 10.6 Å². The number of rotatable bonds is 4. The molecule has 17 heavy (non-hydrogen) atoms. The van der Waals surface area contributed by atoms with Crippen molar-refractivity contribution in [1.29, 1.82) is 0 Å². The van der Waals surface area contributed by atoms with Gasteiger partial charge in [0.05, 0.1) is 12.3 Å². The van der Waals surface area contributed by atoms with E-state index in [9.17, 15) is 4.39 Å². The number of para-hydroxylation sites is 1. The van der Waals surface area contributed by atoms with E-state index in [1.54, 1.807) is 13.2 Å². The molecule has 1 heterocycles. The molecule has 0 spiro atoms. The standard InChI is InChI=1S/C13H17ClFNO/c1-17-9-10-5-6-16(8-10)13-11(7-14)3-2-4-12(13)15/h2-4,10H,5-9H2,1H3. The molecule has 1 aliphatic rings. The lowest BCUT2D eigenvalue weighted by molar-refractivity contribution is 0.161. The van der Waals surface area contributed by atoms with E-state index >= 15 is 0 Å². The van der Waals surface area contributed by atoms with Crippen LogP contribution in [0.15, 0.2) is 18.2 Å². The number of ether oxygens (including phenoxy) is 1. The van der Waals surface area contributed by atoms with Crippen molar-refractivity contribution in [2.24, 2.45) is 5.92 Å². The highest BCUT2D eigenvalue weighted by Gasteiger charge is 2.25. The molecule has 0 amide bonds. The molecule has 0 radical (unpaired) electrons. The third kappa shape index (κ3) is 2.72. The maximum atomic E-state index is 13.9. The van der Waals surface area contributed by atoms with Gasteiger partial charge in [-0.1, -0.05) is 12.1 Å². The quantitative estimate of drug-likeness (QED) is 0.769. The summed E-state index contributed by atoms with van der Waals surface area (Å²) >= 11 is 5.86. The van der Waals surface area contributed by atoms with Crippen LogP contribution in [0.4, 0.5) is 10.1 Å². The van der Waals surface area contributed by atoms with Crippen LogP contribution in [0, 0.1) is 11.7 Å². The number of hydrogen-bond acceptors (Lipinski definition) is 2. The van der Waals surface area contributed by atoms with E-state index in [0.717, 1.165) is 31.7 Å². The molecule has 1 aliphatic heterocycles. The van der Waals surface area contributed by atoms with E-state index in [0.29, 0.717) is 17.5 Å². The maximum absolute atomic E-state index is 13.9. The molecule has 0 aliphatic carbocycles. The van der Waals surface area contributed by atoms with Crippen molar-refractivity contribution in [2.75, 3.05) is 31.7 Å². The lowest BCUT2D eigenvalue weighted by Crippen LogP contribution is -2.23. The summed E-state index contributed by atoms with van der Waals surface area (Å²) in [6.45, 7) is 2.46. The second-order valence-electron chi connectivity index (χ2n) is 4.44. The molecule has 0 N–H and O–H groups in total. The first-order chi connectivity index (χ1) is 8.26. The van der Waals surface area contributed by atoms with E-state index in [-0.39, 0.29) is 5.82 Å². The number of anilines is 1. The molecular weight excluding hydrogens is 241 g/mol. The number of hydrogen-bond donors (Lipinski definition) is 0. The summed E-state index contributed by atoms with van der Waals surface area (Å²) in [6.07, 6.45) is 1.05. The molecule has 2 rings (SSSR count). The van der Waals surface area contributed by atoms with Crippen molar-refractivity contribution in [1.82, 2.24) is 0 Å². The Morgan fingerprint density at radius 1 is 1.53 bits per heavy atom. The highest BCUT2D eigenvalue weighted by Crippen LogP contribution is 2.30. The molecule has 1 unspecified atom stereocenters. The summed E-state index contributed by atoms with van der Waals surface area (Å²) in [4.78, 5) is 2.08. The van der Waals surface area contributed by atoms with Crippen LogP contribution in [0.25, 0.3) is 0 Å². The van der Waals surface area contributed by atoms with Gasteiger partial charge in [0.25, 0.3) is 0 Å². The van der Waals surface area contributed by atoms with Gasteiger partial charge < -0.3 is 9.64 Å². The summed E-state index contributed by atoms with van der Waals surface area (Å²) in [5.74, 6) is 0.655. The first-order valence-corrected chi connectivity index (χ1v) is 6.37. The monoisotopic (exact) mass is 257 g/mol. The normalized spacial score (nSPS) is 19.9. The van der Waals surface area contributed by atoms with Crippen LogP contribution < -0.4 is 4.90 Å². The van der Waals surface area contributed by atoms with Crippen molar-refractivity contribution < 1.29 is 9.13 Å². The molecule has 2 nitrogen and oxygen atoms in total. The smallest absolute Gasteiger partial charge is 0.146 e. The van der Waals surface area contributed by atoms with Crippen molar-refractivity contribution in [3.8, 4) is 0 Å². The van der Waals surface area contributed by atoms with Crippen molar-refractivity contribution in [3.63, 3.8) is 0 Å². The van der Waals surface area contributed by atoms with Crippen LogP contribution >= 0.6 is 11.6 Å². The van der Waals surface area contributed by atoms with Gasteiger partial charge >= 0.3 is 0 Å². The van der Waals surface area contributed by atoms with Gasteiger partial charge in [0.2, 0.25) is 0 Å². The Morgan fingerprint density at radius 2 is 2.35 bits per heavy atom. The molecule has 1 aromatic rings. The molecule has 0 saturated carbocycles. The average molecular weight is 258 g/mol. The number of nitrogens with zero attached hydrogens (tertiary/aromatic N) is 1.